The number of carbonyl (C=O) groups is 1. The van der Waals surface area contributed by atoms with Crippen LogP contribution in [0.5, 0.6) is 5.75 Å². The zero-order valence-corrected chi connectivity index (χ0v) is 15.0. The molecule has 3 N–H and O–H groups in total. The SMILES string of the molecule is CCC[C@@H](C)[NH2+]CC(=O)Nc1cc2oc3ccccc3c2cc1OC. The van der Waals surface area contributed by atoms with Gasteiger partial charge in [-0.15, -0.1) is 0 Å². The van der Waals surface area contributed by atoms with E-state index in [4.69, 9.17) is 9.15 Å². The second-order valence-corrected chi connectivity index (χ2v) is 6.40. The molecule has 0 spiro atoms. The van der Waals surface area contributed by atoms with Gasteiger partial charge >= 0.3 is 0 Å². The van der Waals surface area contributed by atoms with E-state index >= 15 is 0 Å². The monoisotopic (exact) mass is 341 g/mol. The summed E-state index contributed by atoms with van der Waals surface area (Å²) < 4.78 is 11.4. The highest BCUT2D eigenvalue weighted by Crippen LogP contribution is 2.36. The van der Waals surface area contributed by atoms with Gasteiger partial charge in [-0.1, -0.05) is 31.5 Å². The zero-order chi connectivity index (χ0) is 17.8. The van der Waals surface area contributed by atoms with Crippen LogP contribution < -0.4 is 15.4 Å². The Labute approximate surface area is 147 Å². The van der Waals surface area contributed by atoms with Gasteiger partial charge in [0.1, 0.15) is 16.9 Å². The fourth-order valence-corrected chi connectivity index (χ4v) is 3.10. The third-order valence-corrected chi connectivity index (χ3v) is 4.42. The van der Waals surface area contributed by atoms with Crippen LogP contribution in [-0.4, -0.2) is 25.6 Å². The maximum absolute atomic E-state index is 12.3. The summed E-state index contributed by atoms with van der Waals surface area (Å²) in [6.45, 7) is 4.68. The molecule has 0 aliphatic rings. The highest BCUT2D eigenvalue weighted by Gasteiger charge is 2.15. The molecule has 5 nitrogen and oxygen atoms in total. The molecule has 0 fully saturated rings. The third-order valence-electron chi connectivity index (χ3n) is 4.42. The van der Waals surface area contributed by atoms with Crippen LogP contribution in [-0.2, 0) is 4.79 Å². The minimum atomic E-state index is -0.0447. The summed E-state index contributed by atoms with van der Waals surface area (Å²) >= 11 is 0. The average molecular weight is 341 g/mol. The highest BCUT2D eigenvalue weighted by atomic mass is 16.5. The molecule has 25 heavy (non-hydrogen) atoms. The van der Waals surface area contributed by atoms with Crippen molar-refractivity contribution in [2.24, 2.45) is 0 Å². The molecule has 0 bridgehead atoms. The fraction of sp³-hybridized carbons (Fsp3) is 0.350. The molecular formula is C20H25N2O3+. The highest BCUT2D eigenvalue weighted by molar-refractivity contribution is 6.07. The smallest absolute Gasteiger partial charge is 0.279 e. The van der Waals surface area contributed by atoms with Crippen LogP contribution >= 0.6 is 0 Å². The van der Waals surface area contributed by atoms with Crippen molar-refractivity contribution < 1.29 is 19.3 Å². The average Bonchev–Trinajstić information content (AvgIpc) is 2.97. The molecular weight excluding hydrogens is 316 g/mol. The molecule has 0 saturated carbocycles. The van der Waals surface area contributed by atoms with E-state index in [1.165, 1.54) is 0 Å². The number of furan rings is 1. The van der Waals surface area contributed by atoms with Crippen LogP contribution in [0.4, 0.5) is 5.69 Å². The standard InChI is InChI=1S/C20H24N2O3/c1-4-7-13(2)21-12-20(23)22-16-11-18-15(10-19(16)24-3)14-8-5-6-9-17(14)25-18/h5-6,8-11,13,21H,4,7,12H2,1-3H3,(H,22,23)/p+1/t13-/m1/s1. The number of nitrogens with one attached hydrogen (secondary N) is 1. The first kappa shape index (κ1) is 17.3. The van der Waals surface area contributed by atoms with Crippen LogP contribution in [0.25, 0.3) is 21.9 Å². The maximum atomic E-state index is 12.3. The summed E-state index contributed by atoms with van der Waals surface area (Å²) in [7, 11) is 1.61. The molecule has 1 aromatic heterocycles. The minimum absolute atomic E-state index is 0.0447. The molecule has 2 aromatic carbocycles. The van der Waals surface area contributed by atoms with Gasteiger partial charge in [0, 0.05) is 16.8 Å². The van der Waals surface area contributed by atoms with Crippen molar-refractivity contribution in [3.05, 3.63) is 36.4 Å². The third kappa shape index (κ3) is 3.77. The van der Waals surface area contributed by atoms with Crippen LogP contribution in [0.2, 0.25) is 0 Å². The number of benzene rings is 2. The molecule has 0 radical (unpaired) electrons. The summed E-state index contributed by atoms with van der Waals surface area (Å²) in [4.78, 5) is 12.3. The molecule has 1 amide bonds. The van der Waals surface area contributed by atoms with Crippen molar-refractivity contribution in [2.45, 2.75) is 32.7 Å². The van der Waals surface area contributed by atoms with E-state index in [1.807, 2.05) is 36.4 Å². The van der Waals surface area contributed by atoms with Crippen molar-refractivity contribution >= 4 is 33.5 Å². The number of nitrogens with two attached hydrogens (primary N) is 1. The number of quaternary nitrogens is 1. The summed E-state index contributed by atoms with van der Waals surface area (Å²) in [5, 5.41) is 7.02. The Hall–Kier alpha value is -2.53. The predicted molar refractivity (Wildman–Crippen MR) is 100 cm³/mol. The minimum Gasteiger partial charge on any atom is -0.495 e. The van der Waals surface area contributed by atoms with Gasteiger partial charge in [-0.05, 0) is 25.5 Å². The van der Waals surface area contributed by atoms with E-state index in [2.05, 4.69) is 24.5 Å². The Morgan fingerprint density at radius 1 is 1.24 bits per heavy atom. The number of amides is 1. The lowest BCUT2D eigenvalue weighted by Gasteiger charge is -2.12. The summed E-state index contributed by atoms with van der Waals surface area (Å²) in [6.07, 6.45) is 2.22. The van der Waals surface area contributed by atoms with Crippen molar-refractivity contribution in [1.29, 1.82) is 0 Å². The van der Waals surface area contributed by atoms with Crippen molar-refractivity contribution in [1.82, 2.24) is 0 Å². The van der Waals surface area contributed by atoms with Gasteiger partial charge in [-0.2, -0.15) is 0 Å². The van der Waals surface area contributed by atoms with Gasteiger partial charge < -0.3 is 19.8 Å². The second-order valence-electron chi connectivity index (χ2n) is 6.40. The summed E-state index contributed by atoms with van der Waals surface area (Å²) in [5.41, 5.74) is 2.20. The number of anilines is 1. The van der Waals surface area contributed by atoms with Crippen molar-refractivity contribution in [3.63, 3.8) is 0 Å². The lowest BCUT2D eigenvalue weighted by atomic mass is 10.1. The number of methoxy groups -OCH3 is 1. The van der Waals surface area contributed by atoms with E-state index in [0.717, 1.165) is 34.8 Å². The maximum Gasteiger partial charge on any atom is 0.279 e. The lowest BCUT2D eigenvalue weighted by molar-refractivity contribution is -0.676. The van der Waals surface area contributed by atoms with Crippen LogP contribution in [0, 0.1) is 0 Å². The Balaban J connectivity index is 1.83. The van der Waals surface area contributed by atoms with Gasteiger partial charge in [0.2, 0.25) is 0 Å². The second kappa shape index (κ2) is 7.57. The van der Waals surface area contributed by atoms with Crippen molar-refractivity contribution in [2.75, 3.05) is 19.0 Å². The number of fused-ring (bicyclic) bond motifs is 3. The Morgan fingerprint density at radius 2 is 2.04 bits per heavy atom. The largest absolute Gasteiger partial charge is 0.495 e. The Bertz CT molecular complexity index is 885. The zero-order valence-electron chi connectivity index (χ0n) is 15.0. The fourth-order valence-electron chi connectivity index (χ4n) is 3.10. The Morgan fingerprint density at radius 3 is 2.80 bits per heavy atom. The number of carbonyl (C=O) groups excluding carboxylic acids is 1. The van der Waals surface area contributed by atoms with Crippen LogP contribution in [0.15, 0.2) is 40.8 Å². The summed E-state index contributed by atoms with van der Waals surface area (Å²) in [5.74, 6) is 0.589. The first-order chi connectivity index (χ1) is 12.1. The van der Waals surface area contributed by atoms with Gasteiger partial charge in [0.25, 0.3) is 5.91 Å². The number of hydrogen-bond acceptors (Lipinski definition) is 3. The van der Waals surface area contributed by atoms with E-state index in [-0.39, 0.29) is 5.91 Å². The van der Waals surface area contributed by atoms with Gasteiger partial charge in [0.15, 0.2) is 6.54 Å². The first-order valence-corrected chi connectivity index (χ1v) is 8.74. The molecule has 0 unspecified atom stereocenters. The molecule has 3 aromatic rings. The van der Waals surface area contributed by atoms with Gasteiger partial charge in [-0.3, -0.25) is 4.79 Å². The molecule has 0 aliphatic heterocycles. The molecule has 5 heteroatoms. The lowest BCUT2D eigenvalue weighted by Crippen LogP contribution is -2.91. The number of hydrogen-bond donors (Lipinski definition) is 2. The normalized spacial score (nSPS) is 12.4. The molecule has 0 saturated heterocycles. The van der Waals surface area contributed by atoms with Crippen LogP contribution in [0.1, 0.15) is 26.7 Å². The number of para-hydroxylation sites is 1. The molecule has 0 aliphatic carbocycles. The number of ether oxygens (including phenoxy) is 1. The van der Waals surface area contributed by atoms with E-state index in [1.54, 1.807) is 7.11 Å². The Kier molecular flexibility index (Phi) is 5.24. The molecule has 132 valence electrons. The van der Waals surface area contributed by atoms with Crippen molar-refractivity contribution in [3.8, 4) is 5.75 Å². The van der Waals surface area contributed by atoms with E-state index < -0.39 is 0 Å². The first-order valence-electron chi connectivity index (χ1n) is 8.74. The van der Waals surface area contributed by atoms with E-state index in [0.29, 0.717) is 24.0 Å². The van der Waals surface area contributed by atoms with E-state index in [9.17, 15) is 4.79 Å². The van der Waals surface area contributed by atoms with Gasteiger partial charge in [-0.25, -0.2) is 0 Å². The molecule has 1 heterocycles. The predicted octanol–water partition coefficient (Wildman–Crippen LogP) is 3.29. The number of rotatable bonds is 7. The molecule has 1 atom stereocenters. The van der Waals surface area contributed by atoms with Crippen LogP contribution in [0.3, 0.4) is 0 Å². The summed E-state index contributed by atoms with van der Waals surface area (Å²) in [6, 6.07) is 12.1. The topological polar surface area (TPSA) is 68.1 Å². The quantitative estimate of drug-likeness (QED) is 0.693. The molecule has 3 rings (SSSR count). The van der Waals surface area contributed by atoms with Gasteiger partial charge in [0.05, 0.1) is 18.8 Å².